The Hall–Kier alpha value is -2.87. The number of benzene rings is 2. The van der Waals surface area contributed by atoms with Crippen LogP contribution in [0.25, 0.3) is 0 Å². The Bertz CT molecular complexity index is 955. The minimum Gasteiger partial charge on any atom is -0.326 e. The standard InChI is InChI=1S/C18H21N3O4S/c1-12-16(9-6-10-17(12)21(3)26(4,24)25)18(23)20-15-8-5-7-14(11-15)19-13(2)22/h5-11H,1-4H3,(H,19,22)(H,20,23). The van der Waals surface area contributed by atoms with Gasteiger partial charge in [0.15, 0.2) is 0 Å². The molecule has 2 aromatic rings. The monoisotopic (exact) mass is 375 g/mol. The average molecular weight is 375 g/mol. The van der Waals surface area contributed by atoms with Crippen molar-refractivity contribution in [1.29, 1.82) is 0 Å². The van der Waals surface area contributed by atoms with E-state index < -0.39 is 10.0 Å². The third kappa shape index (κ3) is 4.60. The molecular formula is C18H21N3O4S. The van der Waals surface area contributed by atoms with Gasteiger partial charge in [-0.15, -0.1) is 0 Å². The zero-order valence-electron chi connectivity index (χ0n) is 15.0. The highest BCUT2D eigenvalue weighted by atomic mass is 32.2. The smallest absolute Gasteiger partial charge is 0.256 e. The van der Waals surface area contributed by atoms with Gasteiger partial charge in [0.2, 0.25) is 15.9 Å². The Morgan fingerprint density at radius 1 is 1.00 bits per heavy atom. The molecule has 8 heteroatoms. The number of hydrogen-bond donors (Lipinski definition) is 2. The second-order valence-electron chi connectivity index (χ2n) is 5.90. The summed E-state index contributed by atoms with van der Waals surface area (Å²) in [6.45, 7) is 3.10. The Kier molecular flexibility index (Phi) is 5.66. The van der Waals surface area contributed by atoms with Crippen LogP contribution in [0.3, 0.4) is 0 Å². The largest absolute Gasteiger partial charge is 0.326 e. The second-order valence-corrected chi connectivity index (χ2v) is 7.91. The van der Waals surface area contributed by atoms with E-state index in [4.69, 9.17) is 0 Å². The summed E-state index contributed by atoms with van der Waals surface area (Å²) in [6.07, 6.45) is 1.10. The highest BCUT2D eigenvalue weighted by Gasteiger charge is 2.18. The van der Waals surface area contributed by atoms with Gasteiger partial charge in [0.05, 0.1) is 11.9 Å². The molecule has 2 rings (SSSR count). The second kappa shape index (κ2) is 7.57. The molecule has 0 aromatic heterocycles. The van der Waals surface area contributed by atoms with Gasteiger partial charge in [0.25, 0.3) is 5.91 Å². The summed E-state index contributed by atoms with van der Waals surface area (Å²) in [5, 5.41) is 5.41. The van der Waals surface area contributed by atoms with Crippen molar-refractivity contribution in [3.63, 3.8) is 0 Å². The van der Waals surface area contributed by atoms with Crippen LogP contribution in [-0.2, 0) is 14.8 Å². The predicted octanol–water partition coefficient (Wildman–Crippen LogP) is 2.60. The molecule has 2 N–H and O–H groups in total. The first-order chi connectivity index (χ1) is 12.1. The highest BCUT2D eigenvalue weighted by Crippen LogP contribution is 2.25. The molecule has 0 saturated heterocycles. The van der Waals surface area contributed by atoms with Crippen LogP contribution in [0.15, 0.2) is 42.5 Å². The van der Waals surface area contributed by atoms with E-state index in [0.29, 0.717) is 28.2 Å². The Labute approximate surface area is 153 Å². The molecule has 0 heterocycles. The van der Waals surface area contributed by atoms with Gasteiger partial charge < -0.3 is 10.6 Å². The Morgan fingerprint density at radius 2 is 1.58 bits per heavy atom. The zero-order valence-corrected chi connectivity index (χ0v) is 15.8. The summed E-state index contributed by atoms with van der Waals surface area (Å²) in [5.74, 6) is -0.577. The van der Waals surface area contributed by atoms with Crippen molar-refractivity contribution >= 4 is 38.9 Å². The van der Waals surface area contributed by atoms with E-state index in [1.165, 1.54) is 14.0 Å². The lowest BCUT2D eigenvalue weighted by Gasteiger charge is -2.20. The van der Waals surface area contributed by atoms with Gasteiger partial charge in [-0.1, -0.05) is 12.1 Å². The number of carbonyl (C=O) groups excluding carboxylic acids is 2. The van der Waals surface area contributed by atoms with Gasteiger partial charge >= 0.3 is 0 Å². The van der Waals surface area contributed by atoms with Crippen LogP contribution in [-0.4, -0.2) is 33.5 Å². The summed E-state index contributed by atoms with van der Waals surface area (Å²) in [4.78, 5) is 23.8. The van der Waals surface area contributed by atoms with Gasteiger partial charge in [0, 0.05) is 30.9 Å². The van der Waals surface area contributed by atoms with Crippen LogP contribution >= 0.6 is 0 Å². The molecule has 2 aromatic carbocycles. The van der Waals surface area contributed by atoms with Crippen LogP contribution in [0.1, 0.15) is 22.8 Å². The van der Waals surface area contributed by atoms with Gasteiger partial charge in [-0.05, 0) is 42.8 Å². The van der Waals surface area contributed by atoms with E-state index >= 15 is 0 Å². The average Bonchev–Trinajstić information content (AvgIpc) is 2.53. The maximum absolute atomic E-state index is 12.6. The molecule has 0 aliphatic rings. The van der Waals surface area contributed by atoms with Crippen LogP contribution in [0.2, 0.25) is 0 Å². The minimum atomic E-state index is -3.44. The normalized spacial score (nSPS) is 10.9. The van der Waals surface area contributed by atoms with Gasteiger partial charge in [0.1, 0.15) is 0 Å². The number of rotatable bonds is 5. The number of hydrogen-bond acceptors (Lipinski definition) is 4. The molecule has 7 nitrogen and oxygen atoms in total. The number of amides is 2. The number of carbonyl (C=O) groups is 2. The minimum absolute atomic E-state index is 0.208. The third-order valence-electron chi connectivity index (χ3n) is 3.83. The van der Waals surface area contributed by atoms with E-state index in [-0.39, 0.29) is 11.8 Å². The molecule has 138 valence electrons. The Balaban J connectivity index is 2.30. The van der Waals surface area contributed by atoms with Crippen molar-refractivity contribution in [3.8, 4) is 0 Å². The molecule has 26 heavy (non-hydrogen) atoms. The summed E-state index contributed by atoms with van der Waals surface area (Å²) >= 11 is 0. The molecule has 2 amide bonds. The lowest BCUT2D eigenvalue weighted by Crippen LogP contribution is -2.26. The number of sulfonamides is 1. The van der Waals surface area contributed by atoms with Crippen LogP contribution in [0.5, 0.6) is 0 Å². The first kappa shape index (κ1) is 19.5. The number of nitrogens with one attached hydrogen (secondary N) is 2. The van der Waals surface area contributed by atoms with Gasteiger partial charge in [-0.3, -0.25) is 13.9 Å². The van der Waals surface area contributed by atoms with Crippen molar-refractivity contribution < 1.29 is 18.0 Å². The van der Waals surface area contributed by atoms with Crippen molar-refractivity contribution in [2.45, 2.75) is 13.8 Å². The van der Waals surface area contributed by atoms with Crippen LogP contribution < -0.4 is 14.9 Å². The van der Waals surface area contributed by atoms with Crippen molar-refractivity contribution in [2.24, 2.45) is 0 Å². The summed E-state index contributed by atoms with van der Waals surface area (Å²) in [6, 6.07) is 11.7. The lowest BCUT2D eigenvalue weighted by molar-refractivity contribution is -0.114. The fourth-order valence-corrected chi connectivity index (χ4v) is 3.02. The van der Waals surface area contributed by atoms with Crippen LogP contribution in [0, 0.1) is 6.92 Å². The predicted molar refractivity (Wildman–Crippen MR) is 103 cm³/mol. The van der Waals surface area contributed by atoms with E-state index in [2.05, 4.69) is 10.6 Å². The molecular weight excluding hydrogens is 354 g/mol. The van der Waals surface area contributed by atoms with E-state index in [1.54, 1.807) is 49.4 Å². The van der Waals surface area contributed by atoms with Crippen LogP contribution in [0.4, 0.5) is 17.1 Å². The SMILES string of the molecule is CC(=O)Nc1cccc(NC(=O)c2cccc(N(C)S(C)(=O)=O)c2C)c1. The summed E-state index contributed by atoms with van der Waals surface area (Å²) in [5.41, 5.74) is 2.44. The molecule has 0 aliphatic heterocycles. The fraction of sp³-hybridized carbons (Fsp3) is 0.222. The van der Waals surface area contributed by atoms with E-state index in [9.17, 15) is 18.0 Å². The first-order valence-corrected chi connectivity index (χ1v) is 9.67. The van der Waals surface area contributed by atoms with Gasteiger partial charge in [-0.2, -0.15) is 0 Å². The highest BCUT2D eigenvalue weighted by molar-refractivity contribution is 7.92. The van der Waals surface area contributed by atoms with Crippen molar-refractivity contribution in [2.75, 3.05) is 28.2 Å². The molecule has 0 fully saturated rings. The Morgan fingerprint density at radius 3 is 2.15 bits per heavy atom. The van der Waals surface area contributed by atoms with E-state index in [0.717, 1.165) is 10.6 Å². The maximum atomic E-state index is 12.6. The molecule has 0 bridgehead atoms. The molecule has 0 saturated carbocycles. The summed E-state index contributed by atoms with van der Waals surface area (Å²) in [7, 11) is -1.99. The summed E-state index contributed by atoms with van der Waals surface area (Å²) < 4.78 is 24.7. The van der Waals surface area contributed by atoms with Gasteiger partial charge in [-0.25, -0.2) is 8.42 Å². The number of anilines is 3. The first-order valence-electron chi connectivity index (χ1n) is 7.82. The molecule has 0 radical (unpaired) electrons. The quantitative estimate of drug-likeness (QED) is 0.840. The molecule has 0 unspecified atom stereocenters. The van der Waals surface area contributed by atoms with E-state index in [1.807, 2.05) is 0 Å². The third-order valence-corrected chi connectivity index (χ3v) is 5.02. The fourth-order valence-electron chi connectivity index (χ4n) is 2.47. The maximum Gasteiger partial charge on any atom is 0.256 e. The van der Waals surface area contributed by atoms with Crippen molar-refractivity contribution in [1.82, 2.24) is 0 Å². The molecule has 0 atom stereocenters. The molecule has 0 spiro atoms. The zero-order chi connectivity index (χ0) is 19.5. The molecule has 0 aliphatic carbocycles. The van der Waals surface area contributed by atoms with Crippen molar-refractivity contribution in [3.05, 3.63) is 53.6 Å². The number of nitrogens with zero attached hydrogens (tertiary/aromatic N) is 1. The topological polar surface area (TPSA) is 95.6 Å². The lowest BCUT2D eigenvalue weighted by atomic mass is 10.1.